The third kappa shape index (κ3) is 4.33. The molecule has 0 aliphatic rings. The molecule has 0 saturated heterocycles. The lowest BCUT2D eigenvalue weighted by Crippen LogP contribution is -2.17. The first-order valence-corrected chi connectivity index (χ1v) is 7.71. The predicted molar refractivity (Wildman–Crippen MR) is 89.1 cm³/mol. The minimum absolute atomic E-state index is 0.369. The van der Waals surface area contributed by atoms with Crippen molar-refractivity contribution in [1.82, 2.24) is 5.32 Å². The highest BCUT2D eigenvalue weighted by atomic mass is 16.5. The smallest absolute Gasteiger partial charge is 0.127 e. The molecule has 1 unspecified atom stereocenters. The minimum Gasteiger partial charge on any atom is -0.457 e. The first-order chi connectivity index (χ1) is 10.1. The molecule has 0 heterocycles. The summed E-state index contributed by atoms with van der Waals surface area (Å²) in [7, 11) is 0. The lowest BCUT2D eigenvalue weighted by atomic mass is 10.0. The fourth-order valence-electron chi connectivity index (χ4n) is 2.32. The summed E-state index contributed by atoms with van der Waals surface area (Å²) in [4.78, 5) is 0. The van der Waals surface area contributed by atoms with E-state index in [0.717, 1.165) is 18.0 Å². The Morgan fingerprint density at radius 1 is 0.905 bits per heavy atom. The molecular formula is C19H25NO. The maximum Gasteiger partial charge on any atom is 0.127 e. The van der Waals surface area contributed by atoms with Gasteiger partial charge in [0, 0.05) is 6.04 Å². The molecule has 0 saturated carbocycles. The lowest BCUT2D eigenvalue weighted by Gasteiger charge is -2.14. The Morgan fingerprint density at radius 2 is 1.62 bits per heavy atom. The van der Waals surface area contributed by atoms with Crippen LogP contribution in [-0.2, 0) is 0 Å². The normalized spacial score (nSPS) is 12.4. The first kappa shape index (κ1) is 15.6. The standard InChI is InChI=1S/C19H25NO/c1-5-20-15(4)16-9-11-18(12-10-16)21-19-8-6-7-17(13-19)14(2)3/h6-15,20H,5H2,1-4H3. The molecule has 21 heavy (non-hydrogen) atoms. The number of benzene rings is 2. The van der Waals surface area contributed by atoms with Crippen LogP contribution in [0.4, 0.5) is 0 Å². The Kier molecular flexibility index (Phi) is 5.40. The molecule has 0 spiro atoms. The molecular weight excluding hydrogens is 258 g/mol. The molecule has 2 aromatic rings. The van der Waals surface area contributed by atoms with E-state index in [1.54, 1.807) is 0 Å². The molecule has 2 rings (SSSR count). The van der Waals surface area contributed by atoms with Gasteiger partial charge in [0.1, 0.15) is 11.5 Å². The highest BCUT2D eigenvalue weighted by Crippen LogP contribution is 2.26. The van der Waals surface area contributed by atoms with Gasteiger partial charge in [0.25, 0.3) is 0 Å². The van der Waals surface area contributed by atoms with E-state index in [9.17, 15) is 0 Å². The third-order valence-corrected chi connectivity index (χ3v) is 3.65. The highest BCUT2D eigenvalue weighted by Gasteiger charge is 2.05. The van der Waals surface area contributed by atoms with E-state index in [4.69, 9.17) is 4.74 Å². The van der Waals surface area contributed by atoms with Crippen LogP contribution in [-0.4, -0.2) is 6.54 Å². The summed E-state index contributed by atoms with van der Waals surface area (Å²) >= 11 is 0. The molecule has 0 aliphatic carbocycles. The van der Waals surface area contributed by atoms with Crippen LogP contribution in [0.5, 0.6) is 11.5 Å². The number of nitrogens with one attached hydrogen (secondary N) is 1. The van der Waals surface area contributed by atoms with Crippen molar-refractivity contribution < 1.29 is 4.74 Å². The monoisotopic (exact) mass is 283 g/mol. The van der Waals surface area contributed by atoms with Crippen molar-refractivity contribution in [3.8, 4) is 11.5 Å². The van der Waals surface area contributed by atoms with Crippen molar-refractivity contribution in [1.29, 1.82) is 0 Å². The van der Waals surface area contributed by atoms with Crippen LogP contribution in [0.1, 0.15) is 50.8 Å². The Balaban J connectivity index is 2.08. The van der Waals surface area contributed by atoms with Crippen LogP contribution in [0, 0.1) is 0 Å². The maximum absolute atomic E-state index is 5.94. The molecule has 112 valence electrons. The van der Waals surface area contributed by atoms with Crippen molar-refractivity contribution in [3.05, 3.63) is 59.7 Å². The van der Waals surface area contributed by atoms with Crippen LogP contribution in [0.2, 0.25) is 0 Å². The zero-order valence-corrected chi connectivity index (χ0v) is 13.4. The van der Waals surface area contributed by atoms with Gasteiger partial charge in [0.15, 0.2) is 0 Å². The van der Waals surface area contributed by atoms with E-state index in [-0.39, 0.29) is 0 Å². The van der Waals surface area contributed by atoms with E-state index in [2.05, 4.69) is 57.3 Å². The van der Waals surface area contributed by atoms with Crippen molar-refractivity contribution in [3.63, 3.8) is 0 Å². The number of ether oxygens (including phenoxy) is 1. The van der Waals surface area contributed by atoms with Gasteiger partial charge in [-0.1, -0.05) is 45.0 Å². The second-order valence-electron chi connectivity index (χ2n) is 5.68. The van der Waals surface area contributed by atoms with Crippen LogP contribution < -0.4 is 10.1 Å². The zero-order valence-electron chi connectivity index (χ0n) is 13.4. The molecule has 2 aromatic carbocycles. The second-order valence-corrected chi connectivity index (χ2v) is 5.68. The summed E-state index contributed by atoms with van der Waals surface area (Å²) in [6, 6.07) is 17.0. The second kappa shape index (κ2) is 7.28. The topological polar surface area (TPSA) is 21.3 Å². The summed E-state index contributed by atoms with van der Waals surface area (Å²) in [5.74, 6) is 2.29. The van der Waals surface area contributed by atoms with Crippen LogP contribution in [0.15, 0.2) is 48.5 Å². The third-order valence-electron chi connectivity index (χ3n) is 3.65. The fraction of sp³-hybridized carbons (Fsp3) is 0.368. The largest absolute Gasteiger partial charge is 0.457 e. The van der Waals surface area contributed by atoms with E-state index in [0.29, 0.717) is 12.0 Å². The molecule has 2 heteroatoms. The molecule has 1 atom stereocenters. The SMILES string of the molecule is CCNC(C)c1ccc(Oc2cccc(C(C)C)c2)cc1. The van der Waals surface area contributed by atoms with E-state index in [1.165, 1.54) is 11.1 Å². The Labute approximate surface area is 128 Å². The molecule has 0 fully saturated rings. The van der Waals surface area contributed by atoms with Crippen molar-refractivity contribution >= 4 is 0 Å². The molecule has 0 amide bonds. The molecule has 0 aromatic heterocycles. The summed E-state index contributed by atoms with van der Waals surface area (Å²) in [6.07, 6.45) is 0. The quantitative estimate of drug-likeness (QED) is 0.779. The number of hydrogen-bond donors (Lipinski definition) is 1. The van der Waals surface area contributed by atoms with Gasteiger partial charge >= 0.3 is 0 Å². The Hall–Kier alpha value is -1.80. The van der Waals surface area contributed by atoms with Gasteiger partial charge < -0.3 is 10.1 Å². The van der Waals surface area contributed by atoms with E-state index >= 15 is 0 Å². The van der Waals surface area contributed by atoms with Gasteiger partial charge in [-0.3, -0.25) is 0 Å². The molecule has 0 bridgehead atoms. The summed E-state index contributed by atoms with van der Waals surface area (Å²) in [5, 5.41) is 3.41. The molecule has 0 radical (unpaired) electrons. The van der Waals surface area contributed by atoms with E-state index in [1.807, 2.05) is 24.3 Å². The highest BCUT2D eigenvalue weighted by molar-refractivity contribution is 5.36. The van der Waals surface area contributed by atoms with Gasteiger partial charge in [0.2, 0.25) is 0 Å². The Morgan fingerprint density at radius 3 is 2.24 bits per heavy atom. The average Bonchev–Trinajstić information content (AvgIpc) is 2.48. The van der Waals surface area contributed by atoms with Crippen LogP contribution in [0.25, 0.3) is 0 Å². The maximum atomic E-state index is 5.94. The first-order valence-electron chi connectivity index (χ1n) is 7.71. The summed E-state index contributed by atoms with van der Waals surface area (Å²) in [6.45, 7) is 9.65. The van der Waals surface area contributed by atoms with Gasteiger partial charge in [-0.05, 0) is 54.8 Å². The van der Waals surface area contributed by atoms with Gasteiger partial charge in [-0.2, -0.15) is 0 Å². The fourth-order valence-corrected chi connectivity index (χ4v) is 2.32. The lowest BCUT2D eigenvalue weighted by molar-refractivity contribution is 0.480. The number of rotatable bonds is 6. The van der Waals surface area contributed by atoms with Crippen molar-refractivity contribution in [2.75, 3.05) is 6.54 Å². The summed E-state index contributed by atoms with van der Waals surface area (Å²) < 4.78 is 5.94. The van der Waals surface area contributed by atoms with Gasteiger partial charge in [-0.25, -0.2) is 0 Å². The number of hydrogen-bond acceptors (Lipinski definition) is 2. The van der Waals surface area contributed by atoms with Crippen LogP contribution in [0.3, 0.4) is 0 Å². The zero-order chi connectivity index (χ0) is 15.2. The Bertz CT molecular complexity index is 560. The van der Waals surface area contributed by atoms with Gasteiger partial charge in [0.05, 0.1) is 0 Å². The van der Waals surface area contributed by atoms with Crippen molar-refractivity contribution in [2.45, 2.75) is 39.7 Å². The van der Waals surface area contributed by atoms with Gasteiger partial charge in [-0.15, -0.1) is 0 Å². The molecule has 2 nitrogen and oxygen atoms in total. The molecule has 1 N–H and O–H groups in total. The summed E-state index contributed by atoms with van der Waals surface area (Å²) in [5.41, 5.74) is 2.57. The van der Waals surface area contributed by atoms with Crippen LogP contribution >= 0.6 is 0 Å². The average molecular weight is 283 g/mol. The molecule has 0 aliphatic heterocycles. The van der Waals surface area contributed by atoms with E-state index < -0.39 is 0 Å². The minimum atomic E-state index is 0.369. The van der Waals surface area contributed by atoms with Crippen molar-refractivity contribution in [2.24, 2.45) is 0 Å². The predicted octanol–water partition coefficient (Wildman–Crippen LogP) is 5.27.